The minimum atomic E-state index is 0.145. The van der Waals surface area contributed by atoms with Crippen molar-refractivity contribution in [3.8, 4) is 17.6 Å². The summed E-state index contributed by atoms with van der Waals surface area (Å²) >= 11 is 0. The first-order chi connectivity index (χ1) is 5.75. The van der Waals surface area contributed by atoms with Crippen molar-refractivity contribution in [2.75, 3.05) is 0 Å². The van der Waals surface area contributed by atoms with Gasteiger partial charge in [0.1, 0.15) is 5.75 Å². The molecule has 0 saturated heterocycles. The van der Waals surface area contributed by atoms with E-state index in [1.54, 1.807) is 25.1 Å². The van der Waals surface area contributed by atoms with E-state index in [4.69, 9.17) is 0 Å². The van der Waals surface area contributed by atoms with E-state index >= 15 is 0 Å². The third kappa shape index (κ3) is 1.64. The number of benzene rings is 1. The maximum absolute atomic E-state index is 9.92. The molecule has 2 heteroatoms. The molecule has 2 nitrogen and oxygen atoms in total. The van der Waals surface area contributed by atoms with Gasteiger partial charge >= 0.3 is 0 Å². The maximum Gasteiger partial charge on any atom is 0.193 e. The molecule has 12 heavy (non-hydrogen) atoms. The summed E-state index contributed by atoms with van der Waals surface area (Å²) < 4.78 is 0. The molecule has 0 heterocycles. The molecule has 0 saturated carbocycles. The summed E-state index contributed by atoms with van der Waals surface area (Å²) in [6, 6.07) is 5.23. The molecule has 0 aliphatic rings. The third-order valence-corrected chi connectivity index (χ3v) is 1.50. The number of aromatic hydroxyl groups is 1. The Kier molecular flexibility index (Phi) is 2.49. The lowest BCUT2D eigenvalue weighted by atomic mass is 10.1. The zero-order valence-electron chi connectivity index (χ0n) is 6.66. The number of hydrogen-bond acceptors (Lipinski definition) is 2. The van der Waals surface area contributed by atoms with E-state index in [0.29, 0.717) is 11.8 Å². The Morgan fingerprint density at radius 2 is 2.25 bits per heavy atom. The number of phenols is 1. The SMILES string of the molecule is Cc1cccc(C#CC=O)c1O. The lowest BCUT2D eigenvalue weighted by Gasteiger charge is -1.98. The second-order valence-corrected chi connectivity index (χ2v) is 2.36. The molecule has 0 spiro atoms. The first kappa shape index (κ1) is 8.35. The lowest BCUT2D eigenvalue weighted by molar-refractivity contribution is -0.103. The molecule has 1 rings (SSSR count). The highest BCUT2D eigenvalue weighted by Crippen LogP contribution is 2.19. The first-order valence-corrected chi connectivity index (χ1v) is 3.49. The molecular weight excluding hydrogens is 152 g/mol. The van der Waals surface area contributed by atoms with E-state index in [0.717, 1.165) is 5.56 Å². The topological polar surface area (TPSA) is 37.3 Å². The van der Waals surface area contributed by atoms with Crippen LogP contribution >= 0.6 is 0 Å². The van der Waals surface area contributed by atoms with Crippen molar-refractivity contribution in [3.05, 3.63) is 29.3 Å². The van der Waals surface area contributed by atoms with Gasteiger partial charge in [-0.05, 0) is 24.5 Å². The predicted molar refractivity (Wildman–Crippen MR) is 45.8 cm³/mol. The zero-order chi connectivity index (χ0) is 8.97. The van der Waals surface area contributed by atoms with Gasteiger partial charge in [0.25, 0.3) is 0 Å². The van der Waals surface area contributed by atoms with Crippen LogP contribution in [-0.4, -0.2) is 11.4 Å². The summed E-state index contributed by atoms with van der Waals surface area (Å²) in [6.45, 7) is 1.78. The summed E-state index contributed by atoms with van der Waals surface area (Å²) in [4.78, 5) is 9.92. The minimum absolute atomic E-state index is 0.145. The number of aryl methyl sites for hydroxylation is 1. The van der Waals surface area contributed by atoms with Crippen molar-refractivity contribution in [2.24, 2.45) is 0 Å². The van der Waals surface area contributed by atoms with Crippen LogP contribution in [0.5, 0.6) is 5.75 Å². The smallest absolute Gasteiger partial charge is 0.193 e. The fourth-order valence-electron chi connectivity index (χ4n) is 0.867. The summed E-state index contributed by atoms with van der Waals surface area (Å²) in [5.74, 6) is 4.92. The highest BCUT2D eigenvalue weighted by molar-refractivity contribution is 5.74. The minimum Gasteiger partial charge on any atom is -0.506 e. The second kappa shape index (κ2) is 3.59. The zero-order valence-corrected chi connectivity index (χ0v) is 6.66. The Hall–Kier alpha value is -1.75. The van der Waals surface area contributed by atoms with Gasteiger partial charge in [-0.2, -0.15) is 0 Å². The molecule has 0 bridgehead atoms. The van der Waals surface area contributed by atoms with Gasteiger partial charge in [-0.1, -0.05) is 18.1 Å². The highest BCUT2D eigenvalue weighted by Gasteiger charge is 1.98. The fraction of sp³-hybridized carbons (Fsp3) is 0.100. The van der Waals surface area contributed by atoms with Crippen molar-refractivity contribution < 1.29 is 9.90 Å². The monoisotopic (exact) mass is 160 g/mol. The molecule has 60 valence electrons. The Morgan fingerprint density at radius 1 is 1.50 bits per heavy atom. The highest BCUT2D eigenvalue weighted by atomic mass is 16.3. The summed E-state index contributed by atoms with van der Waals surface area (Å²) in [5.41, 5.74) is 1.25. The standard InChI is InChI=1S/C10H8O2/c1-8-4-2-5-9(10(8)12)6-3-7-11/h2,4-5,7,12H,1H3. The molecule has 0 radical (unpaired) electrons. The molecule has 1 aromatic rings. The Labute approximate surface area is 70.8 Å². The largest absolute Gasteiger partial charge is 0.506 e. The van der Waals surface area contributed by atoms with E-state index in [1.165, 1.54) is 0 Å². The van der Waals surface area contributed by atoms with Gasteiger partial charge in [-0.25, -0.2) is 0 Å². The maximum atomic E-state index is 9.92. The van der Waals surface area contributed by atoms with Gasteiger partial charge in [0.2, 0.25) is 0 Å². The van der Waals surface area contributed by atoms with Crippen LogP contribution in [0.15, 0.2) is 18.2 Å². The summed E-state index contributed by atoms with van der Waals surface area (Å²) in [7, 11) is 0. The van der Waals surface area contributed by atoms with Gasteiger partial charge in [-0.15, -0.1) is 0 Å². The second-order valence-electron chi connectivity index (χ2n) is 2.36. The number of para-hydroxylation sites is 1. The molecule has 0 fully saturated rings. The molecule has 1 aromatic carbocycles. The van der Waals surface area contributed by atoms with Crippen LogP contribution in [0.3, 0.4) is 0 Å². The molecule has 0 aliphatic heterocycles. The number of phenolic OH excluding ortho intramolecular Hbond substituents is 1. The van der Waals surface area contributed by atoms with Crippen molar-refractivity contribution >= 4 is 6.29 Å². The predicted octanol–water partition coefficient (Wildman–Crippen LogP) is 1.25. The van der Waals surface area contributed by atoms with E-state index < -0.39 is 0 Å². The molecule has 1 N–H and O–H groups in total. The fourth-order valence-corrected chi connectivity index (χ4v) is 0.867. The summed E-state index contributed by atoms with van der Waals surface area (Å²) in [6.07, 6.45) is 0.502. The Bertz CT molecular complexity index is 356. The van der Waals surface area contributed by atoms with Gasteiger partial charge < -0.3 is 5.11 Å². The summed E-state index contributed by atoms with van der Waals surface area (Å²) in [5, 5.41) is 9.41. The van der Waals surface area contributed by atoms with Crippen LogP contribution in [0, 0.1) is 18.8 Å². The van der Waals surface area contributed by atoms with E-state index in [1.807, 2.05) is 0 Å². The van der Waals surface area contributed by atoms with E-state index in [9.17, 15) is 9.90 Å². The van der Waals surface area contributed by atoms with Gasteiger partial charge in [0.05, 0.1) is 5.56 Å². The number of hydrogen-bond donors (Lipinski definition) is 1. The average Bonchev–Trinajstić information content (AvgIpc) is 2.08. The normalized spacial score (nSPS) is 8.42. The number of carbonyl (C=O) groups is 1. The van der Waals surface area contributed by atoms with Crippen LogP contribution < -0.4 is 0 Å². The van der Waals surface area contributed by atoms with Crippen molar-refractivity contribution in [1.29, 1.82) is 0 Å². The molecular formula is C10H8O2. The van der Waals surface area contributed by atoms with Crippen molar-refractivity contribution in [2.45, 2.75) is 6.92 Å². The average molecular weight is 160 g/mol. The van der Waals surface area contributed by atoms with Gasteiger partial charge in [0, 0.05) is 0 Å². The van der Waals surface area contributed by atoms with E-state index in [-0.39, 0.29) is 5.75 Å². The van der Waals surface area contributed by atoms with Gasteiger partial charge in [-0.3, -0.25) is 4.79 Å². The molecule has 0 aromatic heterocycles. The van der Waals surface area contributed by atoms with Crippen LogP contribution in [0.4, 0.5) is 0 Å². The van der Waals surface area contributed by atoms with Crippen LogP contribution in [0.25, 0.3) is 0 Å². The molecule has 0 aliphatic carbocycles. The molecule has 0 atom stereocenters. The van der Waals surface area contributed by atoms with E-state index in [2.05, 4.69) is 11.8 Å². The quantitative estimate of drug-likeness (QED) is 0.458. The lowest BCUT2D eigenvalue weighted by Crippen LogP contribution is -1.80. The number of aldehydes is 1. The van der Waals surface area contributed by atoms with Crippen LogP contribution in [-0.2, 0) is 4.79 Å². The number of carbonyl (C=O) groups excluding carboxylic acids is 1. The first-order valence-electron chi connectivity index (χ1n) is 3.49. The van der Waals surface area contributed by atoms with Crippen molar-refractivity contribution in [1.82, 2.24) is 0 Å². The van der Waals surface area contributed by atoms with Gasteiger partial charge in [0.15, 0.2) is 6.29 Å². The van der Waals surface area contributed by atoms with Crippen LogP contribution in [0.2, 0.25) is 0 Å². The van der Waals surface area contributed by atoms with Crippen molar-refractivity contribution in [3.63, 3.8) is 0 Å². The Balaban J connectivity index is 3.16. The van der Waals surface area contributed by atoms with Crippen LogP contribution in [0.1, 0.15) is 11.1 Å². The molecule has 0 unspecified atom stereocenters. The Morgan fingerprint density at radius 3 is 2.92 bits per heavy atom. The third-order valence-electron chi connectivity index (χ3n) is 1.50. The molecule has 0 amide bonds. The number of rotatable bonds is 0.